The SMILES string of the molecule is Cc1ccccc1NC(=S)N[C@H](c1cccs1)C(C)C. The second-order valence-electron chi connectivity index (χ2n) is 5.15. The van der Waals surface area contributed by atoms with Crippen LogP contribution in [-0.4, -0.2) is 5.11 Å². The summed E-state index contributed by atoms with van der Waals surface area (Å²) < 4.78 is 0. The average molecular weight is 304 g/mol. The number of thiocarbonyl (C=S) groups is 1. The van der Waals surface area contributed by atoms with E-state index in [0.29, 0.717) is 11.0 Å². The Morgan fingerprint density at radius 1 is 1.15 bits per heavy atom. The van der Waals surface area contributed by atoms with E-state index in [9.17, 15) is 0 Å². The molecular weight excluding hydrogens is 284 g/mol. The second kappa shape index (κ2) is 6.86. The van der Waals surface area contributed by atoms with E-state index in [-0.39, 0.29) is 6.04 Å². The van der Waals surface area contributed by atoms with Gasteiger partial charge in [-0.25, -0.2) is 0 Å². The molecule has 0 fully saturated rings. The Balaban J connectivity index is 2.05. The van der Waals surface area contributed by atoms with E-state index in [0.717, 1.165) is 5.69 Å². The first-order valence-electron chi connectivity index (χ1n) is 6.74. The van der Waals surface area contributed by atoms with Crippen molar-refractivity contribution < 1.29 is 0 Å². The summed E-state index contributed by atoms with van der Waals surface area (Å²) in [5, 5.41) is 9.48. The molecule has 2 N–H and O–H groups in total. The van der Waals surface area contributed by atoms with Gasteiger partial charge in [0.05, 0.1) is 6.04 Å². The van der Waals surface area contributed by atoms with Crippen molar-refractivity contribution in [3.63, 3.8) is 0 Å². The van der Waals surface area contributed by atoms with Crippen molar-refractivity contribution in [2.24, 2.45) is 5.92 Å². The quantitative estimate of drug-likeness (QED) is 0.798. The van der Waals surface area contributed by atoms with Crippen LogP contribution in [0.3, 0.4) is 0 Å². The molecule has 0 aliphatic rings. The van der Waals surface area contributed by atoms with E-state index in [1.54, 1.807) is 11.3 Å². The van der Waals surface area contributed by atoms with Gasteiger partial charge in [-0.1, -0.05) is 38.1 Å². The van der Waals surface area contributed by atoms with Gasteiger partial charge in [-0.2, -0.15) is 0 Å². The standard InChI is InChI=1S/C16H20N2S2/c1-11(2)15(14-9-6-10-20-14)18-16(19)17-13-8-5-4-7-12(13)3/h4-11,15H,1-3H3,(H2,17,18,19)/t15-/m0/s1. The van der Waals surface area contributed by atoms with Gasteiger partial charge in [0.2, 0.25) is 0 Å². The molecule has 1 atom stereocenters. The minimum atomic E-state index is 0.249. The van der Waals surface area contributed by atoms with E-state index in [2.05, 4.69) is 55.0 Å². The summed E-state index contributed by atoms with van der Waals surface area (Å²) in [6.07, 6.45) is 0. The number of aryl methyl sites for hydroxylation is 1. The van der Waals surface area contributed by atoms with Crippen LogP contribution in [0.4, 0.5) is 5.69 Å². The molecule has 0 amide bonds. The molecule has 4 heteroatoms. The van der Waals surface area contributed by atoms with Crippen LogP contribution in [-0.2, 0) is 0 Å². The summed E-state index contributed by atoms with van der Waals surface area (Å²) in [6.45, 7) is 6.48. The van der Waals surface area contributed by atoms with E-state index in [4.69, 9.17) is 12.2 Å². The molecule has 0 aliphatic heterocycles. The number of hydrogen-bond donors (Lipinski definition) is 2. The van der Waals surface area contributed by atoms with Crippen LogP contribution in [0, 0.1) is 12.8 Å². The molecular formula is C16H20N2S2. The van der Waals surface area contributed by atoms with E-state index in [1.165, 1.54) is 10.4 Å². The molecule has 0 bridgehead atoms. The first-order chi connectivity index (χ1) is 9.58. The summed E-state index contributed by atoms with van der Waals surface area (Å²) in [7, 11) is 0. The predicted octanol–water partition coefficient (Wildman–Crippen LogP) is 4.74. The van der Waals surface area contributed by atoms with Gasteiger partial charge in [0, 0.05) is 10.6 Å². The number of nitrogens with one attached hydrogen (secondary N) is 2. The van der Waals surface area contributed by atoms with E-state index < -0.39 is 0 Å². The second-order valence-corrected chi connectivity index (χ2v) is 6.54. The molecule has 0 spiro atoms. The number of rotatable bonds is 4. The highest BCUT2D eigenvalue weighted by molar-refractivity contribution is 7.80. The summed E-state index contributed by atoms with van der Waals surface area (Å²) in [5.41, 5.74) is 2.24. The third kappa shape index (κ3) is 3.81. The maximum atomic E-state index is 5.45. The van der Waals surface area contributed by atoms with Crippen molar-refractivity contribution in [1.82, 2.24) is 5.32 Å². The largest absolute Gasteiger partial charge is 0.355 e. The van der Waals surface area contributed by atoms with Crippen LogP contribution in [0.5, 0.6) is 0 Å². The summed E-state index contributed by atoms with van der Waals surface area (Å²) in [5.74, 6) is 0.477. The third-order valence-corrected chi connectivity index (χ3v) is 4.37. The molecule has 1 heterocycles. The number of thiophene rings is 1. The van der Waals surface area contributed by atoms with Gasteiger partial charge >= 0.3 is 0 Å². The normalized spacial score (nSPS) is 12.2. The Bertz CT molecular complexity index is 562. The van der Waals surface area contributed by atoms with Crippen LogP contribution in [0.15, 0.2) is 41.8 Å². The molecule has 2 nitrogen and oxygen atoms in total. The summed E-state index contributed by atoms with van der Waals surface area (Å²) in [4.78, 5) is 1.31. The van der Waals surface area contributed by atoms with Gasteiger partial charge in [-0.3, -0.25) is 0 Å². The Morgan fingerprint density at radius 2 is 1.90 bits per heavy atom. The lowest BCUT2D eigenvalue weighted by atomic mass is 10.0. The lowest BCUT2D eigenvalue weighted by molar-refractivity contribution is 0.480. The zero-order valence-electron chi connectivity index (χ0n) is 12.0. The smallest absolute Gasteiger partial charge is 0.171 e. The van der Waals surface area contributed by atoms with Crippen molar-refractivity contribution in [2.45, 2.75) is 26.8 Å². The average Bonchev–Trinajstić information content (AvgIpc) is 2.92. The van der Waals surface area contributed by atoms with Crippen LogP contribution < -0.4 is 10.6 Å². The number of para-hydroxylation sites is 1. The minimum absolute atomic E-state index is 0.249. The predicted molar refractivity (Wildman–Crippen MR) is 92.4 cm³/mol. The lowest BCUT2D eigenvalue weighted by Gasteiger charge is -2.23. The number of benzene rings is 1. The Labute approximate surface area is 130 Å². The van der Waals surface area contributed by atoms with Gasteiger partial charge in [-0.05, 0) is 48.1 Å². The van der Waals surface area contributed by atoms with Crippen molar-refractivity contribution in [1.29, 1.82) is 0 Å². The number of anilines is 1. The van der Waals surface area contributed by atoms with E-state index >= 15 is 0 Å². The molecule has 0 saturated carbocycles. The Morgan fingerprint density at radius 3 is 2.50 bits per heavy atom. The fourth-order valence-electron chi connectivity index (χ4n) is 2.05. The number of hydrogen-bond acceptors (Lipinski definition) is 2. The first-order valence-corrected chi connectivity index (χ1v) is 8.03. The van der Waals surface area contributed by atoms with Gasteiger partial charge in [0.1, 0.15) is 0 Å². The van der Waals surface area contributed by atoms with Crippen LogP contribution in [0.25, 0.3) is 0 Å². The minimum Gasteiger partial charge on any atom is -0.355 e. The monoisotopic (exact) mass is 304 g/mol. The van der Waals surface area contributed by atoms with Crippen LogP contribution in [0.1, 0.15) is 30.3 Å². The van der Waals surface area contributed by atoms with Crippen molar-refractivity contribution in [2.75, 3.05) is 5.32 Å². The Hall–Kier alpha value is -1.39. The topological polar surface area (TPSA) is 24.1 Å². The highest BCUT2D eigenvalue weighted by atomic mass is 32.1. The van der Waals surface area contributed by atoms with Gasteiger partial charge < -0.3 is 10.6 Å². The maximum absolute atomic E-state index is 5.45. The molecule has 2 aromatic rings. The molecule has 0 saturated heterocycles. The molecule has 1 aromatic carbocycles. The molecule has 1 aromatic heterocycles. The zero-order chi connectivity index (χ0) is 14.5. The fraction of sp³-hybridized carbons (Fsp3) is 0.312. The molecule has 20 heavy (non-hydrogen) atoms. The highest BCUT2D eigenvalue weighted by Gasteiger charge is 2.17. The summed E-state index contributed by atoms with van der Waals surface area (Å²) in [6, 6.07) is 12.6. The zero-order valence-corrected chi connectivity index (χ0v) is 13.6. The Kier molecular flexibility index (Phi) is 5.15. The molecule has 0 radical (unpaired) electrons. The van der Waals surface area contributed by atoms with E-state index in [1.807, 2.05) is 18.2 Å². The first kappa shape index (κ1) is 15.0. The van der Waals surface area contributed by atoms with Crippen molar-refractivity contribution >= 4 is 34.4 Å². The lowest BCUT2D eigenvalue weighted by Crippen LogP contribution is -2.34. The molecule has 106 valence electrons. The van der Waals surface area contributed by atoms with Gasteiger partial charge in [-0.15, -0.1) is 11.3 Å². The molecule has 0 aliphatic carbocycles. The fourth-order valence-corrected chi connectivity index (χ4v) is 3.23. The van der Waals surface area contributed by atoms with Gasteiger partial charge in [0.15, 0.2) is 5.11 Å². The van der Waals surface area contributed by atoms with Crippen LogP contribution in [0.2, 0.25) is 0 Å². The third-order valence-electron chi connectivity index (χ3n) is 3.20. The maximum Gasteiger partial charge on any atom is 0.171 e. The summed E-state index contributed by atoms with van der Waals surface area (Å²) >= 11 is 7.21. The van der Waals surface area contributed by atoms with Gasteiger partial charge in [0.25, 0.3) is 0 Å². The van der Waals surface area contributed by atoms with Crippen molar-refractivity contribution in [3.8, 4) is 0 Å². The van der Waals surface area contributed by atoms with Crippen molar-refractivity contribution in [3.05, 3.63) is 52.2 Å². The molecule has 2 rings (SSSR count). The molecule has 0 unspecified atom stereocenters. The highest BCUT2D eigenvalue weighted by Crippen LogP contribution is 2.26. The van der Waals surface area contributed by atoms with Crippen LogP contribution >= 0.6 is 23.6 Å².